The first kappa shape index (κ1) is 13.4. The first-order valence-corrected chi connectivity index (χ1v) is 6.76. The first-order chi connectivity index (χ1) is 8.54. The molecule has 0 amide bonds. The molecule has 0 bridgehead atoms. The van der Waals surface area contributed by atoms with Crippen molar-refractivity contribution in [3.63, 3.8) is 0 Å². The molecule has 2 rings (SSSR count). The molecule has 2 N–H and O–H groups in total. The zero-order valence-corrected chi connectivity index (χ0v) is 12.5. The number of halogens is 3. The van der Waals surface area contributed by atoms with Crippen LogP contribution in [-0.2, 0) is 6.61 Å². The van der Waals surface area contributed by atoms with Crippen molar-refractivity contribution < 1.29 is 9.13 Å². The molecule has 0 aromatic heterocycles. The Hall–Kier alpha value is -1.07. The summed E-state index contributed by atoms with van der Waals surface area (Å²) < 4.78 is 20.2. The molecule has 0 atom stereocenters. The van der Waals surface area contributed by atoms with Crippen molar-refractivity contribution in [3.05, 3.63) is 56.7 Å². The normalized spacial score (nSPS) is 10.4. The van der Waals surface area contributed by atoms with Crippen LogP contribution in [0, 0.1) is 5.82 Å². The minimum absolute atomic E-state index is 0.325. The lowest BCUT2D eigenvalue weighted by molar-refractivity contribution is 0.302. The molecule has 2 aromatic carbocycles. The van der Waals surface area contributed by atoms with Gasteiger partial charge in [0.05, 0.1) is 4.47 Å². The summed E-state index contributed by atoms with van der Waals surface area (Å²) >= 11 is 6.67. The van der Waals surface area contributed by atoms with Crippen molar-refractivity contribution in [2.24, 2.45) is 0 Å². The van der Waals surface area contributed by atoms with Gasteiger partial charge in [0, 0.05) is 16.2 Å². The lowest BCUT2D eigenvalue weighted by atomic mass is 10.2. The fourth-order valence-electron chi connectivity index (χ4n) is 1.51. The maximum atomic E-state index is 13.1. The Balaban J connectivity index is 2.13. The fraction of sp³-hybridized carbons (Fsp3) is 0.0769. The van der Waals surface area contributed by atoms with E-state index in [1.807, 2.05) is 18.2 Å². The highest BCUT2D eigenvalue weighted by Crippen LogP contribution is 2.27. The highest BCUT2D eigenvalue weighted by atomic mass is 79.9. The van der Waals surface area contributed by atoms with Crippen LogP contribution in [-0.4, -0.2) is 0 Å². The van der Waals surface area contributed by atoms with Crippen molar-refractivity contribution in [1.29, 1.82) is 0 Å². The van der Waals surface area contributed by atoms with Crippen LogP contribution in [0.5, 0.6) is 5.75 Å². The van der Waals surface area contributed by atoms with Gasteiger partial charge in [0.2, 0.25) is 0 Å². The van der Waals surface area contributed by atoms with E-state index >= 15 is 0 Å². The Morgan fingerprint density at radius 3 is 2.61 bits per heavy atom. The van der Waals surface area contributed by atoms with Gasteiger partial charge in [0.25, 0.3) is 0 Å². The molecular weight excluding hydrogens is 365 g/mol. The molecule has 2 nitrogen and oxygen atoms in total. The van der Waals surface area contributed by atoms with Gasteiger partial charge in [-0.1, -0.05) is 15.9 Å². The summed E-state index contributed by atoms with van der Waals surface area (Å²) in [5, 5.41) is 0. The first-order valence-electron chi connectivity index (χ1n) is 5.17. The summed E-state index contributed by atoms with van der Waals surface area (Å²) in [5.74, 6) is 0.135. The Kier molecular flexibility index (Phi) is 4.24. The van der Waals surface area contributed by atoms with E-state index in [0.29, 0.717) is 22.5 Å². The third-order valence-corrected chi connectivity index (χ3v) is 3.38. The zero-order chi connectivity index (χ0) is 13.1. The molecule has 94 valence electrons. The summed E-state index contributed by atoms with van der Waals surface area (Å²) in [6, 6.07) is 9.85. The van der Waals surface area contributed by atoms with Crippen LogP contribution in [0.1, 0.15) is 5.56 Å². The van der Waals surface area contributed by atoms with Crippen LogP contribution < -0.4 is 10.5 Å². The zero-order valence-electron chi connectivity index (χ0n) is 9.29. The van der Waals surface area contributed by atoms with E-state index in [4.69, 9.17) is 10.5 Å². The molecule has 0 unspecified atom stereocenters. The quantitative estimate of drug-likeness (QED) is 0.802. The number of rotatable bonds is 3. The highest BCUT2D eigenvalue weighted by molar-refractivity contribution is 9.10. The fourth-order valence-corrected chi connectivity index (χ4v) is 2.43. The lowest BCUT2D eigenvalue weighted by Crippen LogP contribution is -1.98. The molecule has 2 aromatic rings. The highest BCUT2D eigenvalue weighted by Gasteiger charge is 2.04. The van der Waals surface area contributed by atoms with Gasteiger partial charge < -0.3 is 10.5 Å². The van der Waals surface area contributed by atoms with E-state index in [1.165, 1.54) is 12.1 Å². The molecule has 0 saturated carbocycles. The number of ether oxygens (including phenoxy) is 1. The summed E-state index contributed by atoms with van der Waals surface area (Å²) in [7, 11) is 0. The van der Waals surface area contributed by atoms with Crippen LogP contribution in [0.2, 0.25) is 0 Å². The van der Waals surface area contributed by atoms with Crippen LogP contribution >= 0.6 is 31.9 Å². The third kappa shape index (κ3) is 3.46. The number of hydrogen-bond donors (Lipinski definition) is 1. The van der Waals surface area contributed by atoms with Crippen LogP contribution in [0.3, 0.4) is 0 Å². The average molecular weight is 375 g/mol. The minimum atomic E-state index is -0.332. The lowest BCUT2D eigenvalue weighted by Gasteiger charge is -2.09. The van der Waals surface area contributed by atoms with Crippen LogP contribution in [0.15, 0.2) is 45.3 Å². The van der Waals surface area contributed by atoms with Gasteiger partial charge in [0.1, 0.15) is 18.2 Å². The second-order valence-corrected chi connectivity index (χ2v) is 5.53. The van der Waals surface area contributed by atoms with E-state index in [9.17, 15) is 4.39 Å². The second-order valence-electron chi connectivity index (χ2n) is 3.76. The summed E-state index contributed by atoms with van der Waals surface area (Å²) in [6.07, 6.45) is 0. The monoisotopic (exact) mass is 373 g/mol. The number of anilines is 1. The van der Waals surface area contributed by atoms with Crippen molar-refractivity contribution >= 4 is 37.5 Å². The standard InChI is InChI=1S/C13H10Br2FNO/c14-9-3-8(4-11(17)5-9)7-18-13-6-10(16)1-2-12(13)15/h1-6H,7,17H2. The molecule has 0 aliphatic rings. The Morgan fingerprint density at radius 2 is 1.89 bits per heavy atom. The maximum absolute atomic E-state index is 13.1. The molecule has 0 spiro atoms. The van der Waals surface area contributed by atoms with E-state index in [2.05, 4.69) is 31.9 Å². The van der Waals surface area contributed by atoms with Crippen LogP contribution in [0.4, 0.5) is 10.1 Å². The second kappa shape index (κ2) is 5.71. The van der Waals surface area contributed by atoms with E-state index < -0.39 is 0 Å². The summed E-state index contributed by atoms with van der Waals surface area (Å²) in [5.41, 5.74) is 7.30. The Bertz CT molecular complexity index is 555. The summed E-state index contributed by atoms with van der Waals surface area (Å²) in [6.45, 7) is 0.325. The number of benzene rings is 2. The van der Waals surface area contributed by atoms with Gasteiger partial charge in [-0.2, -0.15) is 0 Å². The predicted molar refractivity (Wildman–Crippen MR) is 77.0 cm³/mol. The van der Waals surface area contributed by atoms with E-state index in [1.54, 1.807) is 6.07 Å². The topological polar surface area (TPSA) is 35.2 Å². The molecule has 0 fully saturated rings. The third-order valence-electron chi connectivity index (χ3n) is 2.27. The predicted octanol–water partition coefficient (Wildman–Crippen LogP) is 4.51. The molecule has 0 radical (unpaired) electrons. The molecule has 5 heteroatoms. The van der Waals surface area contributed by atoms with Gasteiger partial charge in [0.15, 0.2) is 0 Å². The van der Waals surface area contributed by atoms with Crippen molar-refractivity contribution in [3.8, 4) is 5.75 Å². The maximum Gasteiger partial charge on any atom is 0.136 e. The smallest absolute Gasteiger partial charge is 0.136 e. The molecule has 0 aliphatic carbocycles. The Morgan fingerprint density at radius 1 is 1.11 bits per heavy atom. The van der Waals surface area contributed by atoms with Gasteiger partial charge in [-0.05, 0) is 51.8 Å². The van der Waals surface area contributed by atoms with Gasteiger partial charge in [-0.15, -0.1) is 0 Å². The molecule has 18 heavy (non-hydrogen) atoms. The van der Waals surface area contributed by atoms with E-state index in [-0.39, 0.29) is 5.82 Å². The number of hydrogen-bond acceptors (Lipinski definition) is 2. The molecule has 0 heterocycles. The summed E-state index contributed by atoms with van der Waals surface area (Å²) in [4.78, 5) is 0. The minimum Gasteiger partial charge on any atom is -0.488 e. The molecule has 0 aliphatic heterocycles. The van der Waals surface area contributed by atoms with Gasteiger partial charge >= 0.3 is 0 Å². The van der Waals surface area contributed by atoms with Crippen molar-refractivity contribution in [2.45, 2.75) is 6.61 Å². The van der Waals surface area contributed by atoms with E-state index in [0.717, 1.165) is 10.0 Å². The molecule has 0 saturated heterocycles. The van der Waals surface area contributed by atoms with Gasteiger partial charge in [-0.25, -0.2) is 4.39 Å². The Labute approximate surface area is 121 Å². The SMILES string of the molecule is Nc1cc(Br)cc(COc2cc(F)ccc2Br)c1. The van der Waals surface area contributed by atoms with Crippen molar-refractivity contribution in [2.75, 3.05) is 5.73 Å². The van der Waals surface area contributed by atoms with Gasteiger partial charge in [-0.3, -0.25) is 0 Å². The number of nitrogen functional groups attached to an aromatic ring is 1. The average Bonchev–Trinajstić information content (AvgIpc) is 2.29. The molecular formula is C13H10Br2FNO. The van der Waals surface area contributed by atoms with Crippen molar-refractivity contribution in [1.82, 2.24) is 0 Å². The number of nitrogens with two attached hydrogens (primary N) is 1. The largest absolute Gasteiger partial charge is 0.488 e. The van der Waals surface area contributed by atoms with Crippen LogP contribution in [0.25, 0.3) is 0 Å².